The molecule has 2 heterocycles. The summed E-state index contributed by atoms with van der Waals surface area (Å²) in [7, 11) is 0. The van der Waals surface area contributed by atoms with Crippen molar-refractivity contribution in [1.82, 2.24) is 10.2 Å². The summed E-state index contributed by atoms with van der Waals surface area (Å²) in [6.07, 6.45) is 5.91. The van der Waals surface area contributed by atoms with Gasteiger partial charge in [-0.05, 0) is 58.5 Å². The van der Waals surface area contributed by atoms with Crippen molar-refractivity contribution in [2.45, 2.75) is 51.7 Å². The first kappa shape index (κ1) is 13.3. The zero-order valence-electron chi connectivity index (χ0n) is 11.5. The molecule has 2 saturated heterocycles. The van der Waals surface area contributed by atoms with Crippen molar-refractivity contribution >= 4 is 0 Å². The third-order valence-corrected chi connectivity index (χ3v) is 4.07. The Kier molecular flexibility index (Phi) is 5.26. The second kappa shape index (κ2) is 6.72. The molecule has 0 aliphatic carbocycles. The van der Waals surface area contributed by atoms with Crippen LogP contribution in [0.5, 0.6) is 0 Å². The summed E-state index contributed by atoms with van der Waals surface area (Å²) in [5.74, 6) is 0.880. The molecule has 0 spiro atoms. The van der Waals surface area contributed by atoms with Crippen LogP contribution in [0.3, 0.4) is 0 Å². The highest BCUT2D eigenvalue weighted by Crippen LogP contribution is 2.24. The minimum atomic E-state index is 0.368. The largest absolute Gasteiger partial charge is 0.377 e. The Morgan fingerprint density at radius 1 is 1.29 bits per heavy atom. The Labute approximate surface area is 106 Å². The lowest BCUT2D eigenvalue weighted by atomic mass is 9.90. The van der Waals surface area contributed by atoms with Gasteiger partial charge in [-0.1, -0.05) is 0 Å². The van der Waals surface area contributed by atoms with Gasteiger partial charge in [-0.3, -0.25) is 0 Å². The van der Waals surface area contributed by atoms with E-state index >= 15 is 0 Å². The molecule has 0 saturated carbocycles. The fourth-order valence-corrected chi connectivity index (χ4v) is 3.15. The van der Waals surface area contributed by atoms with Crippen LogP contribution in [0.25, 0.3) is 0 Å². The van der Waals surface area contributed by atoms with Crippen molar-refractivity contribution in [3.8, 4) is 0 Å². The first-order valence-corrected chi connectivity index (χ1v) is 7.33. The van der Waals surface area contributed by atoms with Crippen molar-refractivity contribution in [3.63, 3.8) is 0 Å². The molecule has 0 radical (unpaired) electrons. The summed E-state index contributed by atoms with van der Waals surface area (Å²) in [5, 5.41) is 3.66. The summed E-state index contributed by atoms with van der Waals surface area (Å²) >= 11 is 0. The Bertz CT molecular complexity index is 214. The second-order valence-electron chi connectivity index (χ2n) is 5.83. The van der Waals surface area contributed by atoms with Gasteiger partial charge in [0, 0.05) is 19.1 Å². The van der Waals surface area contributed by atoms with E-state index in [0.29, 0.717) is 6.10 Å². The molecular weight excluding hydrogens is 212 g/mol. The maximum absolute atomic E-state index is 5.65. The van der Waals surface area contributed by atoms with Gasteiger partial charge in [-0.2, -0.15) is 0 Å². The molecule has 2 rings (SSSR count). The number of piperidine rings is 1. The zero-order chi connectivity index (χ0) is 12.1. The quantitative estimate of drug-likeness (QED) is 0.794. The number of nitrogens with zero attached hydrogens (tertiary/aromatic N) is 1. The minimum absolute atomic E-state index is 0.368. The average molecular weight is 240 g/mol. The normalized spacial score (nSPS) is 31.2. The second-order valence-corrected chi connectivity index (χ2v) is 5.83. The minimum Gasteiger partial charge on any atom is -0.377 e. The lowest BCUT2D eigenvalue weighted by molar-refractivity contribution is 0.0460. The number of likely N-dealkylation sites (tertiary alicyclic amines) is 1. The fourth-order valence-electron chi connectivity index (χ4n) is 3.15. The van der Waals surface area contributed by atoms with Crippen LogP contribution < -0.4 is 5.32 Å². The summed E-state index contributed by atoms with van der Waals surface area (Å²) in [6, 6.07) is 0.795. The van der Waals surface area contributed by atoms with Crippen molar-refractivity contribution in [2.24, 2.45) is 5.92 Å². The number of hydrogen-bond acceptors (Lipinski definition) is 3. The first-order chi connectivity index (χ1) is 8.25. The number of ether oxygens (including phenoxy) is 1. The van der Waals surface area contributed by atoms with Crippen LogP contribution in [0.4, 0.5) is 0 Å². The van der Waals surface area contributed by atoms with Gasteiger partial charge in [0.2, 0.25) is 0 Å². The van der Waals surface area contributed by atoms with Gasteiger partial charge < -0.3 is 15.0 Å². The zero-order valence-corrected chi connectivity index (χ0v) is 11.5. The maximum atomic E-state index is 5.65. The highest BCUT2D eigenvalue weighted by molar-refractivity contribution is 4.86. The topological polar surface area (TPSA) is 24.5 Å². The van der Waals surface area contributed by atoms with Crippen molar-refractivity contribution in [1.29, 1.82) is 0 Å². The van der Waals surface area contributed by atoms with Gasteiger partial charge in [0.05, 0.1) is 12.7 Å². The predicted molar refractivity (Wildman–Crippen MR) is 71.3 cm³/mol. The lowest BCUT2D eigenvalue weighted by Gasteiger charge is -2.35. The SMILES string of the molecule is CC(C)OCCN1CCCC(C2CCCN2)C1. The summed E-state index contributed by atoms with van der Waals surface area (Å²) < 4.78 is 5.65. The van der Waals surface area contributed by atoms with Crippen molar-refractivity contribution < 1.29 is 4.74 Å². The molecule has 0 aromatic rings. The van der Waals surface area contributed by atoms with E-state index < -0.39 is 0 Å². The van der Waals surface area contributed by atoms with Crippen molar-refractivity contribution in [2.75, 3.05) is 32.8 Å². The molecule has 2 unspecified atom stereocenters. The maximum Gasteiger partial charge on any atom is 0.0596 e. The van der Waals surface area contributed by atoms with Crippen LogP contribution in [-0.2, 0) is 4.74 Å². The van der Waals surface area contributed by atoms with Crippen LogP contribution in [0.1, 0.15) is 39.5 Å². The smallest absolute Gasteiger partial charge is 0.0596 e. The van der Waals surface area contributed by atoms with E-state index in [1.54, 1.807) is 0 Å². The van der Waals surface area contributed by atoms with Gasteiger partial charge in [0.25, 0.3) is 0 Å². The molecule has 0 amide bonds. The third kappa shape index (κ3) is 4.23. The third-order valence-electron chi connectivity index (χ3n) is 4.07. The fraction of sp³-hybridized carbons (Fsp3) is 1.00. The molecule has 100 valence electrons. The van der Waals surface area contributed by atoms with E-state index in [1.165, 1.54) is 45.3 Å². The van der Waals surface area contributed by atoms with Crippen molar-refractivity contribution in [3.05, 3.63) is 0 Å². The Balaban J connectivity index is 1.69. The van der Waals surface area contributed by atoms with Gasteiger partial charge in [0.1, 0.15) is 0 Å². The van der Waals surface area contributed by atoms with E-state index in [-0.39, 0.29) is 0 Å². The monoisotopic (exact) mass is 240 g/mol. The van der Waals surface area contributed by atoms with Crippen LogP contribution in [-0.4, -0.2) is 49.8 Å². The van der Waals surface area contributed by atoms with Crippen LogP contribution in [0.2, 0.25) is 0 Å². The highest BCUT2D eigenvalue weighted by Gasteiger charge is 2.28. The van der Waals surface area contributed by atoms with Gasteiger partial charge >= 0.3 is 0 Å². The summed E-state index contributed by atoms with van der Waals surface area (Å²) in [4.78, 5) is 2.59. The van der Waals surface area contributed by atoms with E-state index in [9.17, 15) is 0 Å². The average Bonchev–Trinajstić information content (AvgIpc) is 2.82. The Morgan fingerprint density at radius 3 is 2.88 bits per heavy atom. The molecule has 2 aliphatic heterocycles. The van der Waals surface area contributed by atoms with E-state index in [0.717, 1.165) is 25.1 Å². The molecule has 3 heteroatoms. The van der Waals surface area contributed by atoms with E-state index in [4.69, 9.17) is 4.74 Å². The standard InChI is InChI=1S/C14H28N2O/c1-12(2)17-10-9-16-8-4-5-13(11-16)14-6-3-7-15-14/h12-15H,3-11H2,1-2H3. The van der Waals surface area contributed by atoms with Gasteiger partial charge in [-0.25, -0.2) is 0 Å². The van der Waals surface area contributed by atoms with E-state index in [1.807, 2.05) is 0 Å². The summed E-state index contributed by atoms with van der Waals surface area (Å²) in [6.45, 7) is 10.0. The molecule has 2 atom stereocenters. The van der Waals surface area contributed by atoms with Crippen LogP contribution in [0, 0.1) is 5.92 Å². The molecule has 2 fully saturated rings. The Morgan fingerprint density at radius 2 is 2.18 bits per heavy atom. The van der Waals surface area contributed by atoms with Gasteiger partial charge in [0.15, 0.2) is 0 Å². The number of hydrogen-bond donors (Lipinski definition) is 1. The molecule has 0 bridgehead atoms. The molecular formula is C14H28N2O. The highest BCUT2D eigenvalue weighted by atomic mass is 16.5. The number of rotatable bonds is 5. The summed E-state index contributed by atoms with van der Waals surface area (Å²) in [5.41, 5.74) is 0. The molecule has 1 N–H and O–H groups in total. The lowest BCUT2D eigenvalue weighted by Crippen LogP contribution is -2.44. The molecule has 2 aliphatic rings. The molecule has 3 nitrogen and oxygen atoms in total. The molecule has 0 aromatic carbocycles. The Hall–Kier alpha value is -0.120. The first-order valence-electron chi connectivity index (χ1n) is 7.33. The number of nitrogens with one attached hydrogen (secondary N) is 1. The van der Waals surface area contributed by atoms with Gasteiger partial charge in [-0.15, -0.1) is 0 Å². The van der Waals surface area contributed by atoms with Crippen LogP contribution >= 0.6 is 0 Å². The van der Waals surface area contributed by atoms with Crippen LogP contribution in [0.15, 0.2) is 0 Å². The molecule has 0 aromatic heterocycles. The van der Waals surface area contributed by atoms with E-state index in [2.05, 4.69) is 24.1 Å². The predicted octanol–water partition coefficient (Wildman–Crippen LogP) is 1.88. The molecule has 17 heavy (non-hydrogen) atoms.